The molecule has 0 saturated carbocycles. The summed E-state index contributed by atoms with van der Waals surface area (Å²) in [4.78, 5) is 23.8. The molecule has 0 aliphatic carbocycles. The minimum absolute atomic E-state index is 0.0394. The number of amides is 2. The van der Waals surface area contributed by atoms with Gasteiger partial charge >= 0.3 is 6.09 Å². The smallest absolute Gasteiger partial charge is 0.408 e. The van der Waals surface area contributed by atoms with Gasteiger partial charge in [-0.3, -0.25) is 4.79 Å². The average Bonchev–Trinajstić information content (AvgIpc) is 2.85. The molecule has 118 valence electrons. The van der Waals surface area contributed by atoms with Gasteiger partial charge in [-0.15, -0.1) is 0 Å². The first-order valence-corrected chi connectivity index (χ1v) is 6.59. The molecule has 0 saturated heterocycles. The molecule has 1 heterocycles. The SMILES string of the molecule is COCNC(=O)[C@H](Cc1ccco1)OC(=O)NC(C)(C)C. The maximum Gasteiger partial charge on any atom is 0.408 e. The number of hydrogen-bond donors (Lipinski definition) is 2. The van der Waals surface area contributed by atoms with Crippen LogP contribution in [0, 0.1) is 0 Å². The third-order valence-corrected chi connectivity index (χ3v) is 2.38. The fourth-order valence-electron chi connectivity index (χ4n) is 1.52. The van der Waals surface area contributed by atoms with Gasteiger partial charge in [-0.2, -0.15) is 0 Å². The summed E-state index contributed by atoms with van der Waals surface area (Å²) in [6, 6.07) is 3.41. The first-order valence-electron chi connectivity index (χ1n) is 6.59. The average molecular weight is 298 g/mol. The summed E-state index contributed by atoms with van der Waals surface area (Å²) in [6.07, 6.45) is -0.00492. The van der Waals surface area contributed by atoms with Gasteiger partial charge in [-0.1, -0.05) is 0 Å². The summed E-state index contributed by atoms with van der Waals surface area (Å²) >= 11 is 0. The highest BCUT2D eigenvalue weighted by Gasteiger charge is 2.26. The Morgan fingerprint density at radius 2 is 2.10 bits per heavy atom. The number of ether oxygens (including phenoxy) is 2. The second kappa shape index (κ2) is 7.68. The van der Waals surface area contributed by atoms with Crippen molar-refractivity contribution in [3.05, 3.63) is 24.2 Å². The highest BCUT2D eigenvalue weighted by Crippen LogP contribution is 2.09. The lowest BCUT2D eigenvalue weighted by molar-refractivity contribution is -0.131. The summed E-state index contributed by atoms with van der Waals surface area (Å²) in [7, 11) is 1.45. The zero-order valence-corrected chi connectivity index (χ0v) is 12.8. The Balaban J connectivity index is 2.67. The number of carbonyl (C=O) groups is 2. The van der Waals surface area contributed by atoms with Crippen molar-refractivity contribution in [1.29, 1.82) is 0 Å². The summed E-state index contributed by atoms with van der Waals surface area (Å²) < 4.78 is 15.1. The molecular formula is C14H22N2O5. The van der Waals surface area contributed by atoms with Crippen molar-refractivity contribution in [3.8, 4) is 0 Å². The molecule has 21 heavy (non-hydrogen) atoms. The van der Waals surface area contributed by atoms with Crippen LogP contribution in [0.1, 0.15) is 26.5 Å². The number of nitrogens with one attached hydrogen (secondary N) is 2. The Morgan fingerprint density at radius 3 is 2.62 bits per heavy atom. The van der Waals surface area contributed by atoms with E-state index >= 15 is 0 Å². The van der Waals surface area contributed by atoms with Crippen molar-refractivity contribution in [2.24, 2.45) is 0 Å². The highest BCUT2D eigenvalue weighted by atomic mass is 16.6. The van der Waals surface area contributed by atoms with E-state index < -0.39 is 23.6 Å². The molecule has 1 aromatic rings. The Labute approximate surface area is 124 Å². The van der Waals surface area contributed by atoms with Crippen molar-refractivity contribution in [2.45, 2.75) is 38.8 Å². The summed E-state index contributed by atoms with van der Waals surface area (Å²) in [6.45, 7) is 5.50. The number of methoxy groups -OCH3 is 1. The third-order valence-electron chi connectivity index (χ3n) is 2.38. The molecule has 2 N–H and O–H groups in total. The lowest BCUT2D eigenvalue weighted by Crippen LogP contribution is -2.46. The quantitative estimate of drug-likeness (QED) is 0.776. The third kappa shape index (κ3) is 6.80. The van der Waals surface area contributed by atoms with E-state index in [1.807, 2.05) is 20.8 Å². The van der Waals surface area contributed by atoms with Gasteiger partial charge in [0.05, 0.1) is 12.7 Å². The maximum atomic E-state index is 12.0. The summed E-state index contributed by atoms with van der Waals surface area (Å²) in [5.41, 5.74) is -0.449. The molecule has 0 unspecified atom stereocenters. The molecule has 2 amide bonds. The number of alkyl carbamates (subject to hydrolysis) is 1. The number of furan rings is 1. The van der Waals surface area contributed by atoms with E-state index in [-0.39, 0.29) is 13.2 Å². The maximum absolute atomic E-state index is 12.0. The van der Waals surface area contributed by atoms with E-state index in [4.69, 9.17) is 13.9 Å². The number of rotatable bonds is 6. The zero-order chi connectivity index (χ0) is 15.9. The fraction of sp³-hybridized carbons (Fsp3) is 0.571. The van der Waals surface area contributed by atoms with Gasteiger partial charge in [0.15, 0.2) is 6.10 Å². The van der Waals surface area contributed by atoms with Crippen LogP contribution < -0.4 is 10.6 Å². The van der Waals surface area contributed by atoms with Crippen LogP contribution in [-0.2, 0) is 20.7 Å². The monoisotopic (exact) mass is 298 g/mol. The van der Waals surface area contributed by atoms with Crippen molar-refractivity contribution < 1.29 is 23.5 Å². The van der Waals surface area contributed by atoms with E-state index in [0.717, 1.165) is 0 Å². The molecule has 7 heteroatoms. The molecule has 0 aromatic carbocycles. The van der Waals surface area contributed by atoms with E-state index in [1.54, 1.807) is 12.1 Å². The Kier molecular flexibility index (Phi) is 6.23. The van der Waals surface area contributed by atoms with Crippen LogP contribution in [0.3, 0.4) is 0 Å². The molecule has 1 aromatic heterocycles. The van der Waals surface area contributed by atoms with Crippen LogP contribution in [-0.4, -0.2) is 37.5 Å². The fourth-order valence-corrected chi connectivity index (χ4v) is 1.52. The van der Waals surface area contributed by atoms with Gasteiger partial charge < -0.3 is 24.5 Å². The van der Waals surface area contributed by atoms with E-state index in [0.29, 0.717) is 5.76 Å². The molecule has 0 aliphatic rings. The van der Waals surface area contributed by atoms with Crippen molar-refractivity contribution >= 4 is 12.0 Å². The van der Waals surface area contributed by atoms with Gasteiger partial charge in [0.1, 0.15) is 12.5 Å². The second-order valence-corrected chi connectivity index (χ2v) is 5.53. The molecular weight excluding hydrogens is 276 g/mol. The molecule has 0 fully saturated rings. The predicted octanol–water partition coefficient (Wildman–Crippen LogP) is 1.44. The lowest BCUT2D eigenvalue weighted by atomic mass is 10.1. The largest absolute Gasteiger partial charge is 0.469 e. The van der Waals surface area contributed by atoms with Crippen LogP contribution in [0.15, 0.2) is 22.8 Å². The molecule has 0 spiro atoms. The van der Waals surface area contributed by atoms with Gasteiger partial charge in [0, 0.05) is 12.6 Å². The van der Waals surface area contributed by atoms with Crippen molar-refractivity contribution in [1.82, 2.24) is 10.6 Å². The molecule has 0 radical (unpaired) electrons. The Hall–Kier alpha value is -2.02. The minimum Gasteiger partial charge on any atom is -0.469 e. The molecule has 0 aliphatic heterocycles. The predicted molar refractivity (Wildman–Crippen MR) is 75.6 cm³/mol. The Bertz CT molecular complexity index is 450. The highest BCUT2D eigenvalue weighted by molar-refractivity contribution is 5.83. The van der Waals surface area contributed by atoms with Crippen LogP contribution in [0.25, 0.3) is 0 Å². The number of hydrogen-bond acceptors (Lipinski definition) is 5. The van der Waals surface area contributed by atoms with Crippen LogP contribution in [0.2, 0.25) is 0 Å². The summed E-state index contributed by atoms with van der Waals surface area (Å²) in [5.74, 6) is 0.105. The van der Waals surface area contributed by atoms with Gasteiger partial charge in [0.2, 0.25) is 0 Å². The van der Waals surface area contributed by atoms with Crippen LogP contribution >= 0.6 is 0 Å². The first-order chi connectivity index (χ1) is 9.81. The van der Waals surface area contributed by atoms with Crippen molar-refractivity contribution in [2.75, 3.05) is 13.8 Å². The zero-order valence-electron chi connectivity index (χ0n) is 12.8. The lowest BCUT2D eigenvalue weighted by Gasteiger charge is -2.23. The topological polar surface area (TPSA) is 89.8 Å². The van der Waals surface area contributed by atoms with Crippen LogP contribution in [0.4, 0.5) is 4.79 Å². The van der Waals surface area contributed by atoms with E-state index in [9.17, 15) is 9.59 Å². The first kappa shape index (κ1) is 17.0. The normalized spacial score (nSPS) is 12.6. The molecule has 1 rings (SSSR count). The minimum atomic E-state index is -0.992. The van der Waals surface area contributed by atoms with Gasteiger partial charge in [-0.25, -0.2) is 4.79 Å². The van der Waals surface area contributed by atoms with E-state index in [1.165, 1.54) is 13.4 Å². The summed E-state index contributed by atoms with van der Waals surface area (Å²) in [5, 5.41) is 5.14. The number of carbonyl (C=O) groups excluding carboxylic acids is 2. The van der Waals surface area contributed by atoms with Crippen LogP contribution in [0.5, 0.6) is 0 Å². The molecule has 1 atom stereocenters. The second-order valence-electron chi connectivity index (χ2n) is 5.53. The Morgan fingerprint density at radius 1 is 1.38 bits per heavy atom. The van der Waals surface area contributed by atoms with Crippen molar-refractivity contribution in [3.63, 3.8) is 0 Å². The van der Waals surface area contributed by atoms with Gasteiger partial charge in [0.25, 0.3) is 5.91 Å². The standard InChI is InChI=1S/C14H22N2O5/c1-14(2,3)16-13(18)21-11(12(17)15-9-19-4)8-10-6-5-7-20-10/h5-7,11H,8-9H2,1-4H3,(H,15,17)(H,16,18)/t11-/m0/s1. The van der Waals surface area contributed by atoms with Gasteiger partial charge in [-0.05, 0) is 32.9 Å². The van der Waals surface area contributed by atoms with E-state index in [2.05, 4.69) is 10.6 Å². The molecule has 7 nitrogen and oxygen atoms in total. The molecule has 0 bridgehead atoms.